The molecule has 0 spiro atoms. The first-order valence-corrected chi connectivity index (χ1v) is 9.14. The zero-order valence-electron chi connectivity index (χ0n) is 9.56. The van der Waals surface area contributed by atoms with E-state index in [2.05, 4.69) is 26.6 Å². The van der Waals surface area contributed by atoms with Crippen molar-refractivity contribution in [2.75, 3.05) is 0 Å². The van der Waals surface area contributed by atoms with Gasteiger partial charge in [0.15, 0.2) is 0 Å². The van der Waals surface area contributed by atoms with Gasteiger partial charge in [0.1, 0.15) is 0 Å². The lowest BCUT2D eigenvalue weighted by molar-refractivity contribution is 0.0795. The molecule has 0 aromatic rings. The molecule has 1 aliphatic carbocycles. The van der Waals surface area contributed by atoms with Gasteiger partial charge in [-0.1, -0.05) is 39.4 Å². The van der Waals surface area contributed by atoms with Crippen LogP contribution in [0.3, 0.4) is 0 Å². The quantitative estimate of drug-likeness (QED) is 0.676. The van der Waals surface area contributed by atoms with Crippen molar-refractivity contribution in [1.29, 1.82) is 0 Å². The number of hydrogen-bond donors (Lipinski definition) is 1. The molecule has 1 rings (SSSR count). The van der Waals surface area contributed by atoms with Gasteiger partial charge in [0, 0.05) is 0 Å². The van der Waals surface area contributed by atoms with Crippen molar-refractivity contribution in [1.82, 2.24) is 0 Å². The highest BCUT2D eigenvalue weighted by molar-refractivity contribution is 6.79. The van der Waals surface area contributed by atoms with Crippen LogP contribution in [0.4, 0.5) is 0 Å². The lowest BCUT2D eigenvalue weighted by Gasteiger charge is -2.39. The number of hydrogen-bond acceptors (Lipinski definition) is 1. The van der Waals surface area contributed by atoms with E-state index in [1.54, 1.807) is 0 Å². The molecular weight excluding hydrogens is 176 g/mol. The summed E-state index contributed by atoms with van der Waals surface area (Å²) in [6.07, 6.45) is 5.98. The fraction of sp³-hybridized carbons (Fsp3) is 1.00. The lowest BCUT2D eigenvalue weighted by atomic mass is 10.1. The summed E-state index contributed by atoms with van der Waals surface area (Å²) in [5, 5.41) is 10.4. The van der Waals surface area contributed by atoms with E-state index < -0.39 is 8.07 Å². The van der Waals surface area contributed by atoms with Gasteiger partial charge < -0.3 is 5.11 Å². The molecule has 1 unspecified atom stereocenters. The van der Waals surface area contributed by atoms with Crippen molar-refractivity contribution < 1.29 is 5.11 Å². The lowest BCUT2D eigenvalue weighted by Crippen LogP contribution is -2.54. The molecule has 0 aliphatic heterocycles. The van der Waals surface area contributed by atoms with Crippen molar-refractivity contribution in [3.63, 3.8) is 0 Å². The first-order valence-electron chi connectivity index (χ1n) is 5.64. The molecule has 0 bridgehead atoms. The van der Waals surface area contributed by atoms with Crippen LogP contribution in [0, 0.1) is 5.92 Å². The van der Waals surface area contributed by atoms with Crippen molar-refractivity contribution in [3.8, 4) is 0 Å². The normalized spacial score (nSPS) is 22.8. The third-order valence-electron chi connectivity index (χ3n) is 3.46. The predicted molar refractivity (Wildman–Crippen MR) is 60.5 cm³/mol. The summed E-state index contributed by atoms with van der Waals surface area (Å²) in [5.74, 6) is 0.644. The van der Waals surface area contributed by atoms with Crippen molar-refractivity contribution >= 4 is 8.07 Å². The Labute approximate surface area is 83.6 Å². The summed E-state index contributed by atoms with van der Waals surface area (Å²) in [6, 6.07) is 0. The smallest absolute Gasteiger partial charge is 0.0824 e. The van der Waals surface area contributed by atoms with E-state index in [0.717, 1.165) is 6.42 Å². The fourth-order valence-corrected chi connectivity index (χ4v) is 4.64. The van der Waals surface area contributed by atoms with Crippen molar-refractivity contribution in [2.45, 2.75) is 63.9 Å². The molecule has 0 aromatic carbocycles. The molecule has 0 amide bonds. The Bertz CT molecular complexity index is 169. The van der Waals surface area contributed by atoms with E-state index in [1.165, 1.54) is 25.7 Å². The van der Waals surface area contributed by atoms with Gasteiger partial charge in [0.25, 0.3) is 0 Å². The highest BCUT2D eigenvalue weighted by atomic mass is 28.3. The molecule has 1 N–H and O–H groups in total. The summed E-state index contributed by atoms with van der Waals surface area (Å²) in [4.78, 5) is 0. The maximum atomic E-state index is 10.7. The summed E-state index contributed by atoms with van der Waals surface area (Å²) in [5.41, 5.74) is 0. The van der Waals surface area contributed by atoms with Crippen LogP contribution in [-0.4, -0.2) is 18.4 Å². The number of unbranched alkanes of at least 4 members (excludes halogenated alkanes) is 1. The van der Waals surface area contributed by atoms with Gasteiger partial charge in [-0.25, -0.2) is 0 Å². The van der Waals surface area contributed by atoms with Crippen LogP contribution in [0.1, 0.15) is 39.0 Å². The van der Waals surface area contributed by atoms with E-state index in [4.69, 9.17) is 0 Å². The van der Waals surface area contributed by atoms with E-state index in [-0.39, 0.29) is 5.22 Å². The molecule has 0 aromatic heterocycles. The SMILES string of the molecule is CCCCC(O)(C1CC1)[Si](C)(C)C. The highest BCUT2D eigenvalue weighted by Crippen LogP contribution is 2.47. The molecule has 1 aliphatic rings. The average Bonchev–Trinajstić information content (AvgIpc) is 2.80. The van der Waals surface area contributed by atoms with Gasteiger partial charge in [0.05, 0.1) is 13.3 Å². The largest absolute Gasteiger partial charge is 0.393 e. The maximum Gasteiger partial charge on any atom is 0.0824 e. The molecule has 1 nitrogen and oxygen atoms in total. The summed E-state index contributed by atoms with van der Waals surface area (Å²) in [6.45, 7) is 9.13. The van der Waals surface area contributed by atoms with Crippen LogP contribution in [0.2, 0.25) is 19.6 Å². The van der Waals surface area contributed by atoms with Gasteiger partial charge in [-0.15, -0.1) is 0 Å². The Balaban J connectivity index is 2.63. The second-order valence-corrected chi connectivity index (χ2v) is 10.9. The second kappa shape index (κ2) is 3.74. The fourth-order valence-electron chi connectivity index (χ4n) is 2.20. The van der Waals surface area contributed by atoms with Gasteiger partial charge in [-0.2, -0.15) is 0 Å². The standard InChI is InChI=1S/C11H24OSi/c1-5-6-9-11(12,10-7-8-10)13(2,3)4/h10,12H,5-9H2,1-4H3. The molecule has 2 heteroatoms. The molecule has 1 fully saturated rings. The predicted octanol–water partition coefficient (Wildman–Crippen LogP) is 3.20. The minimum atomic E-state index is -1.39. The average molecular weight is 200 g/mol. The van der Waals surface area contributed by atoms with Gasteiger partial charge >= 0.3 is 0 Å². The Morgan fingerprint density at radius 2 is 1.85 bits per heavy atom. The third kappa shape index (κ3) is 2.35. The van der Waals surface area contributed by atoms with E-state index >= 15 is 0 Å². The monoisotopic (exact) mass is 200 g/mol. The summed E-state index contributed by atoms with van der Waals surface area (Å²) < 4.78 is 0. The van der Waals surface area contributed by atoms with Crippen molar-refractivity contribution in [2.24, 2.45) is 5.92 Å². The Hall–Kier alpha value is 0.177. The van der Waals surface area contributed by atoms with Gasteiger partial charge in [-0.05, 0) is 25.2 Å². The molecule has 0 heterocycles. The number of aliphatic hydroxyl groups is 1. The van der Waals surface area contributed by atoms with Crippen LogP contribution in [0.25, 0.3) is 0 Å². The van der Waals surface area contributed by atoms with Crippen LogP contribution < -0.4 is 0 Å². The molecule has 1 saturated carbocycles. The zero-order chi connectivity index (χ0) is 10.1. The number of rotatable bonds is 5. The minimum absolute atomic E-state index is 0.261. The Morgan fingerprint density at radius 3 is 2.15 bits per heavy atom. The minimum Gasteiger partial charge on any atom is -0.393 e. The van der Waals surface area contributed by atoms with E-state index in [0.29, 0.717) is 5.92 Å². The van der Waals surface area contributed by atoms with Crippen LogP contribution in [-0.2, 0) is 0 Å². The molecular formula is C11H24OSi. The first-order chi connectivity index (χ1) is 5.92. The second-order valence-electron chi connectivity index (χ2n) is 5.55. The van der Waals surface area contributed by atoms with Crippen molar-refractivity contribution in [3.05, 3.63) is 0 Å². The molecule has 0 radical (unpaired) electrons. The molecule has 78 valence electrons. The summed E-state index contributed by atoms with van der Waals surface area (Å²) >= 11 is 0. The highest BCUT2D eigenvalue weighted by Gasteiger charge is 2.51. The molecule has 1 atom stereocenters. The zero-order valence-corrected chi connectivity index (χ0v) is 10.6. The van der Waals surface area contributed by atoms with Gasteiger partial charge in [-0.3, -0.25) is 0 Å². The van der Waals surface area contributed by atoms with E-state index in [9.17, 15) is 5.11 Å². The van der Waals surface area contributed by atoms with Crippen LogP contribution in [0.15, 0.2) is 0 Å². The topological polar surface area (TPSA) is 20.2 Å². The molecule has 13 heavy (non-hydrogen) atoms. The first kappa shape index (κ1) is 11.3. The Kier molecular flexibility index (Phi) is 3.23. The molecule has 0 saturated heterocycles. The van der Waals surface area contributed by atoms with Gasteiger partial charge in [0.2, 0.25) is 0 Å². The van der Waals surface area contributed by atoms with Crippen LogP contribution >= 0.6 is 0 Å². The maximum absolute atomic E-state index is 10.7. The third-order valence-corrected chi connectivity index (χ3v) is 6.72. The summed E-state index contributed by atoms with van der Waals surface area (Å²) in [7, 11) is -1.39. The Morgan fingerprint density at radius 1 is 1.31 bits per heavy atom. The van der Waals surface area contributed by atoms with E-state index in [1.807, 2.05) is 0 Å². The van der Waals surface area contributed by atoms with Crippen LogP contribution in [0.5, 0.6) is 0 Å².